The maximum absolute atomic E-state index is 11.0. The Hall–Kier alpha value is -0.770. The van der Waals surface area contributed by atoms with Crippen molar-refractivity contribution in [3.8, 4) is 0 Å². The van der Waals surface area contributed by atoms with Crippen LogP contribution in [0.25, 0.3) is 0 Å². The van der Waals surface area contributed by atoms with Crippen LogP contribution in [0.5, 0.6) is 0 Å². The molecule has 1 atom stereocenters. The number of nitrogens with zero attached hydrogens (tertiary/aromatic N) is 1. The van der Waals surface area contributed by atoms with Crippen LogP contribution in [0.2, 0.25) is 0 Å². The van der Waals surface area contributed by atoms with Crippen molar-refractivity contribution >= 4 is 6.09 Å². The smallest absolute Gasteiger partial charge is 0.409 e. The van der Waals surface area contributed by atoms with Crippen LogP contribution < -0.4 is 5.32 Å². The van der Waals surface area contributed by atoms with Gasteiger partial charge in [-0.3, -0.25) is 0 Å². The van der Waals surface area contributed by atoms with Crippen LogP contribution in [0.3, 0.4) is 0 Å². The number of ether oxygens (including phenoxy) is 1. The number of hydrogen-bond donors (Lipinski definition) is 1. The van der Waals surface area contributed by atoms with E-state index in [0.29, 0.717) is 6.04 Å². The van der Waals surface area contributed by atoms with E-state index in [1.54, 1.807) is 11.9 Å². The Morgan fingerprint density at radius 3 is 3.00 bits per heavy atom. The lowest BCUT2D eigenvalue weighted by Gasteiger charge is -2.17. The lowest BCUT2D eigenvalue weighted by atomic mass is 10.1. The van der Waals surface area contributed by atoms with Crippen molar-refractivity contribution in [2.45, 2.75) is 25.3 Å². The minimum atomic E-state index is -0.252. The Labute approximate surface area is 79.2 Å². The molecule has 0 bridgehead atoms. The molecule has 76 valence electrons. The van der Waals surface area contributed by atoms with E-state index < -0.39 is 0 Å². The van der Waals surface area contributed by atoms with E-state index in [2.05, 4.69) is 10.1 Å². The number of methoxy groups -OCH3 is 1. The molecule has 0 radical (unpaired) electrons. The summed E-state index contributed by atoms with van der Waals surface area (Å²) in [5.74, 6) is 0. The molecule has 1 unspecified atom stereocenters. The minimum Gasteiger partial charge on any atom is -0.453 e. The molecule has 0 spiro atoms. The first-order chi connectivity index (χ1) is 6.24. The molecule has 0 aromatic heterocycles. The second-order valence-corrected chi connectivity index (χ2v) is 3.47. The van der Waals surface area contributed by atoms with Crippen LogP contribution in [-0.4, -0.2) is 44.3 Å². The number of amides is 1. The normalized spacial score (nSPS) is 21.5. The van der Waals surface area contributed by atoms with Gasteiger partial charge in [-0.15, -0.1) is 0 Å². The quantitative estimate of drug-likeness (QED) is 0.709. The van der Waals surface area contributed by atoms with Crippen LogP contribution in [0, 0.1) is 0 Å². The Bertz CT molecular complexity index is 167. The number of carbonyl (C=O) groups is 1. The molecule has 1 saturated heterocycles. The molecule has 1 amide bonds. The Kier molecular flexibility index (Phi) is 4.02. The van der Waals surface area contributed by atoms with Gasteiger partial charge in [0.1, 0.15) is 0 Å². The van der Waals surface area contributed by atoms with E-state index >= 15 is 0 Å². The predicted molar refractivity (Wildman–Crippen MR) is 50.7 cm³/mol. The summed E-state index contributed by atoms with van der Waals surface area (Å²) in [6.07, 6.45) is 3.26. The second-order valence-electron chi connectivity index (χ2n) is 3.47. The maximum atomic E-state index is 11.0. The molecule has 1 heterocycles. The number of hydrogen-bond acceptors (Lipinski definition) is 3. The topological polar surface area (TPSA) is 41.6 Å². The molecule has 0 aromatic carbocycles. The summed E-state index contributed by atoms with van der Waals surface area (Å²) in [5.41, 5.74) is 0. The highest BCUT2D eigenvalue weighted by Crippen LogP contribution is 2.08. The van der Waals surface area contributed by atoms with Crippen LogP contribution in [0.4, 0.5) is 4.79 Å². The maximum Gasteiger partial charge on any atom is 0.409 e. The molecule has 0 aromatic rings. The first kappa shape index (κ1) is 10.3. The fourth-order valence-electron chi connectivity index (χ4n) is 1.60. The highest BCUT2D eigenvalue weighted by Gasteiger charge is 2.15. The minimum absolute atomic E-state index is 0.252. The van der Waals surface area contributed by atoms with E-state index in [1.807, 2.05) is 0 Å². The molecule has 13 heavy (non-hydrogen) atoms. The van der Waals surface area contributed by atoms with Gasteiger partial charge in [0.15, 0.2) is 0 Å². The van der Waals surface area contributed by atoms with Gasteiger partial charge in [-0.1, -0.05) is 0 Å². The molecule has 0 aliphatic carbocycles. The summed E-state index contributed by atoms with van der Waals surface area (Å²) in [4.78, 5) is 12.6. The predicted octanol–water partition coefficient (Wildman–Crippen LogP) is 0.827. The lowest BCUT2D eigenvalue weighted by Crippen LogP contribution is -2.32. The summed E-state index contributed by atoms with van der Waals surface area (Å²) < 4.78 is 4.59. The zero-order valence-corrected chi connectivity index (χ0v) is 8.38. The molecule has 1 aliphatic rings. The average molecular weight is 186 g/mol. The van der Waals surface area contributed by atoms with Crippen molar-refractivity contribution in [2.75, 3.05) is 27.2 Å². The summed E-state index contributed by atoms with van der Waals surface area (Å²) in [6.45, 7) is 1.89. The number of rotatable bonds is 3. The van der Waals surface area contributed by atoms with Crippen LogP contribution >= 0.6 is 0 Å². The fourth-order valence-corrected chi connectivity index (χ4v) is 1.60. The number of carbonyl (C=O) groups excluding carboxylic acids is 1. The molecule has 0 saturated carbocycles. The molecule has 1 rings (SSSR count). The van der Waals surface area contributed by atoms with E-state index in [9.17, 15) is 4.79 Å². The third kappa shape index (κ3) is 3.22. The molecule has 1 fully saturated rings. The summed E-state index contributed by atoms with van der Waals surface area (Å²) in [5, 5.41) is 3.39. The van der Waals surface area contributed by atoms with Gasteiger partial charge < -0.3 is 15.0 Å². The highest BCUT2D eigenvalue weighted by atomic mass is 16.5. The second kappa shape index (κ2) is 5.07. The molecule has 4 heteroatoms. The van der Waals surface area contributed by atoms with Gasteiger partial charge in [0.25, 0.3) is 0 Å². The van der Waals surface area contributed by atoms with Crippen molar-refractivity contribution in [2.24, 2.45) is 0 Å². The number of nitrogens with one attached hydrogen (secondary N) is 1. The van der Waals surface area contributed by atoms with E-state index in [1.165, 1.54) is 20.0 Å². The van der Waals surface area contributed by atoms with Gasteiger partial charge in [-0.2, -0.15) is 0 Å². The molecular weight excluding hydrogens is 168 g/mol. The van der Waals surface area contributed by atoms with Crippen molar-refractivity contribution in [3.05, 3.63) is 0 Å². The zero-order chi connectivity index (χ0) is 9.68. The van der Waals surface area contributed by atoms with Gasteiger partial charge in [0.05, 0.1) is 7.11 Å². The monoisotopic (exact) mass is 186 g/mol. The average Bonchev–Trinajstić information content (AvgIpc) is 2.65. The van der Waals surface area contributed by atoms with Crippen molar-refractivity contribution in [1.82, 2.24) is 10.2 Å². The zero-order valence-electron chi connectivity index (χ0n) is 8.38. The Balaban J connectivity index is 2.13. The molecule has 4 nitrogen and oxygen atoms in total. The van der Waals surface area contributed by atoms with Gasteiger partial charge in [0, 0.05) is 19.6 Å². The third-order valence-electron chi connectivity index (χ3n) is 2.46. The summed E-state index contributed by atoms with van der Waals surface area (Å²) in [7, 11) is 3.17. The standard InChI is InChI=1S/C9H18N2O2/c1-11(9(12)13-2)7-5-8-4-3-6-10-8/h8,10H,3-7H2,1-2H3. The lowest BCUT2D eigenvalue weighted by molar-refractivity contribution is 0.132. The summed E-state index contributed by atoms with van der Waals surface area (Å²) >= 11 is 0. The fraction of sp³-hybridized carbons (Fsp3) is 0.889. The van der Waals surface area contributed by atoms with Crippen LogP contribution in [0.15, 0.2) is 0 Å². The first-order valence-corrected chi connectivity index (χ1v) is 4.76. The van der Waals surface area contributed by atoms with Gasteiger partial charge in [-0.25, -0.2) is 4.79 Å². The van der Waals surface area contributed by atoms with E-state index in [0.717, 1.165) is 19.5 Å². The SMILES string of the molecule is COC(=O)N(C)CCC1CCCN1. The van der Waals surface area contributed by atoms with Crippen LogP contribution in [0.1, 0.15) is 19.3 Å². The van der Waals surface area contributed by atoms with Crippen molar-refractivity contribution in [3.63, 3.8) is 0 Å². The first-order valence-electron chi connectivity index (χ1n) is 4.76. The third-order valence-corrected chi connectivity index (χ3v) is 2.46. The Morgan fingerprint density at radius 2 is 2.46 bits per heavy atom. The van der Waals surface area contributed by atoms with Gasteiger partial charge in [-0.05, 0) is 25.8 Å². The van der Waals surface area contributed by atoms with Gasteiger partial charge >= 0.3 is 6.09 Å². The summed E-state index contributed by atoms with van der Waals surface area (Å²) in [6, 6.07) is 0.590. The highest BCUT2D eigenvalue weighted by molar-refractivity contribution is 5.66. The van der Waals surface area contributed by atoms with E-state index in [4.69, 9.17) is 0 Å². The largest absolute Gasteiger partial charge is 0.453 e. The van der Waals surface area contributed by atoms with E-state index in [-0.39, 0.29) is 6.09 Å². The molecule has 1 N–H and O–H groups in total. The van der Waals surface area contributed by atoms with Gasteiger partial charge in [0.2, 0.25) is 0 Å². The van der Waals surface area contributed by atoms with Crippen molar-refractivity contribution < 1.29 is 9.53 Å². The molecule has 1 aliphatic heterocycles. The molecular formula is C9H18N2O2. The van der Waals surface area contributed by atoms with Crippen LogP contribution in [-0.2, 0) is 4.74 Å². The Morgan fingerprint density at radius 1 is 1.69 bits per heavy atom. The van der Waals surface area contributed by atoms with Crippen molar-refractivity contribution in [1.29, 1.82) is 0 Å².